The highest BCUT2D eigenvalue weighted by molar-refractivity contribution is 6.29. The molecule has 0 radical (unpaired) electrons. The Balaban J connectivity index is 2.60. The molecule has 0 aliphatic rings. The summed E-state index contributed by atoms with van der Waals surface area (Å²) in [6, 6.07) is 3.30. The van der Waals surface area contributed by atoms with Crippen LogP contribution in [0.3, 0.4) is 0 Å². The summed E-state index contributed by atoms with van der Waals surface area (Å²) in [7, 11) is 0. The number of halogens is 2. The maximum atomic E-state index is 11.4. The van der Waals surface area contributed by atoms with Crippen LogP contribution in [0, 0.1) is 5.92 Å². The van der Waals surface area contributed by atoms with Gasteiger partial charge in [-0.25, -0.2) is 4.98 Å². The molecule has 1 amide bonds. The van der Waals surface area contributed by atoms with Crippen LogP contribution in [0.15, 0.2) is 18.3 Å². The van der Waals surface area contributed by atoms with Gasteiger partial charge in [0.15, 0.2) is 0 Å². The molecule has 1 rings (SSSR count). The fraction of sp³-hybridized carbons (Fsp3) is 0.333. The monoisotopic (exact) mass is 232 g/mol. The van der Waals surface area contributed by atoms with Gasteiger partial charge in [0.25, 0.3) is 0 Å². The lowest BCUT2D eigenvalue weighted by atomic mass is 10.2. The van der Waals surface area contributed by atoms with Crippen LogP contribution in [-0.4, -0.2) is 16.8 Å². The van der Waals surface area contributed by atoms with Gasteiger partial charge in [-0.2, -0.15) is 0 Å². The van der Waals surface area contributed by atoms with E-state index in [1.54, 1.807) is 19.1 Å². The first-order chi connectivity index (χ1) is 6.63. The smallest absolute Gasteiger partial charge is 0.228 e. The van der Waals surface area contributed by atoms with Gasteiger partial charge in [-0.1, -0.05) is 18.5 Å². The number of pyridine rings is 1. The zero-order valence-electron chi connectivity index (χ0n) is 7.63. The first-order valence-electron chi connectivity index (χ1n) is 4.12. The highest BCUT2D eigenvalue weighted by atomic mass is 35.5. The third-order valence-corrected chi connectivity index (χ3v) is 2.36. The van der Waals surface area contributed by atoms with Crippen molar-refractivity contribution in [1.82, 2.24) is 4.98 Å². The molecular weight excluding hydrogens is 223 g/mol. The van der Waals surface area contributed by atoms with Crippen LogP contribution in [0.5, 0.6) is 0 Å². The Morgan fingerprint density at radius 3 is 2.86 bits per heavy atom. The van der Waals surface area contributed by atoms with E-state index >= 15 is 0 Å². The molecule has 14 heavy (non-hydrogen) atoms. The number of rotatable bonds is 3. The van der Waals surface area contributed by atoms with E-state index in [2.05, 4.69) is 10.3 Å². The molecule has 0 aromatic carbocycles. The van der Waals surface area contributed by atoms with Crippen molar-refractivity contribution in [2.45, 2.75) is 6.92 Å². The first kappa shape index (κ1) is 11.3. The molecule has 1 aromatic rings. The van der Waals surface area contributed by atoms with Crippen LogP contribution in [0.2, 0.25) is 5.15 Å². The summed E-state index contributed by atoms with van der Waals surface area (Å²) in [5.41, 5.74) is 0.622. The third-order valence-electron chi connectivity index (χ3n) is 1.67. The molecule has 0 fully saturated rings. The predicted molar refractivity (Wildman–Crippen MR) is 57.8 cm³/mol. The van der Waals surface area contributed by atoms with Crippen LogP contribution in [0.25, 0.3) is 0 Å². The fourth-order valence-corrected chi connectivity index (χ4v) is 1.04. The van der Waals surface area contributed by atoms with Gasteiger partial charge >= 0.3 is 0 Å². The number of carbonyl (C=O) groups excluding carboxylic acids is 1. The van der Waals surface area contributed by atoms with Gasteiger partial charge in [0.05, 0.1) is 11.9 Å². The summed E-state index contributed by atoms with van der Waals surface area (Å²) >= 11 is 11.1. The Labute approximate surface area is 92.4 Å². The fourth-order valence-electron chi connectivity index (χ4n) is 0.785. The molecule has 3 nitrogen and oxygen atoms in total. The lowest BCUT2D eigenvalue weighted by Gasteiger charge is -2.08. The Bertz CT molecular complexity index is 313. The summed E-state index contributed by atoms with van der Waals surface area (Å²) in [5, 5.41) is 3.07. The summed E-state index contributed by atoms with van der Waals surface area (Å²) in [4.78, 5) is 15.2. The molecule has 0 saturated carbocycles. The molecule has 1 heterocycles. The van der Waals surface area contributed by atoms with Crippen molar-refractivity contribution in [2.24, 2.45) is 5.92 Å². The highest BCUT2D eigenvalue weighted by Gasteiger charge is 2.11. The second kappa shape index (κ2) is 5.17. The number of anilines is 1. The minimum atomic E-state index is -0.215. The van der Waals surface area contributed by atoms with Crippen LogP contribution in [-0.2, 0) is 4.79 Å². The molecule has 0 aliphatic carbocycles. The normalized spacial score (nSPS) is 12.2. The van der Waals surface area contributed by atoms with Crippen molar-refractivity contribution in [3.05, 3.63) is 23.5 Å². The standard InChI is InChI=1S/C9H10Cl2N2O/c1-6(4-10)9(14)13-7-2-3-8(11)12-5-7/h2-3,5-6H,4H2,1H3,(H,13,14). The number of hydrogen-bond acceptors (Lipinski definition) is 2. The van der Waals surface area contributed by atoms with Gasteiger partial charge in [-0.05, 0) is 12.1 Å². The maximum Gasteiger partial charge on any atom is 0.228 e. The lowest BCUT2D eigenvalue weighted by molar-refractivity contribution is -0.118. The molecule has 1 atom stereocenters. The summed E-state index contributed by atoms with van der Waals surface area (Å²) < 4.78 is 0. The van der Waals surface area contributed by atoms with Crippen molar-refractivity contribution in [2.75, 3.05) is 11.2 Å². The predicted octanol–water partition coefficient (Wildman–Crippen LogP) is 2.55. The second-order valence-corrected chi connectivity index (χ2v) is 3.61. The molecule has 1 aromatic heterocycles. The number of amides is 1. The third kappa shape index (κ3) is 3.16. The SMILES string of the molecule is CC(CCl)C(=O)Nc1ccc(Cl)nc1. The molecule has 1 unspecified atom stereocenters. The van der Waals surface area contributed by atoms with Gasteiger partial charge in [0.2, 0.25) is 5.91 Å². The summed E-state index contributed by atoms with van der Waals surface area (Å²) in [6.45, 7) is 1.76. The Morgan fingerprint density at radius 1 is 1.64 bits per heavy atom. The van der Waals surface area contributed by atoms with Crippen molar-refractivity contribution in [1.29, 1.82) is 0 Å². The van der Waals surface area contributed by atoms with Crippen LogP contribution < -0.4 is 5.32 Å². The zero-order valence-corrected chi connectivity index (χ0v) is 9.14. The Morgan fingerprint density at radius 2 is 2.36 bits per heavy atom. The lowest BCUT2D eigenvalue weighted by Crippen LogP contribution is -2.21. The highest BCUT2D eigenvalue weighted by Crippen LogP contribution is 2.11. The van der Waals surface area contributed by atoms with E-state index in [1.165, 1.54) is 6.20 Å². The molecule has 0 spiro atoms. The number of nitrogens with one attached hydrogen (secondary N) is 1. The van der Waals surface area contributed by atoms with Crippen molar-refractivity contribution in [3.8, 4) is 0 Å². The van der Waals surface area contributed by atoms with Crippen molar-refractivity contribution in [3.63, 3.8) is 0 Å². The largest absolute Gasteiger partial charge is 0.324 e. The van der Waals surface area contributed by atoms with E-state index in [-0.39, 0.29) is 11.8 Å². The van der Waals surface area contributed by atoms with Gasteiger partial charge in [0, 0.05) is 11.8 Å². The number of nitrogens with zero attached hydrogens (tertiary/aromatic N) is 1. The van der Waals surface area contributed by atoms with E-state index in [4.69, 9.17) is 23.2 Å². The summed E-state index contributed by atoms with van der Waals surface area (Å²) in [6.07, 6.45) is 1.50. The molecule has 1 N–H and O–H groups in total. The Hall–Kier alpha value is -0.800. The number of carbonyl (C=O) groups is 1. The van der Waals surface area contributed by atoms with Gasteiger partial charge in [-0.15, -0.1) is 11.6 Å². The topological polar surface area (TPSA) is 42.0 Å². The van der Waals surface area contributed by atoms with Crippen LogP contribution in [0.4, 0.5) is 5.69 Å². The minimum absolute atomic E-state index is 0.121. The van der Waals surface area contributed by atoms with E-state index in [0.29, 0.717) is 16.7 Å². The second-order valence-electron chi connectivity index (χ2n) is 2.91. The van der Waals surface area contributed by atoms with Crippen molar-refractivity contribution < 1.29 is 4.79 Å². The molecule has 76 valence electrons. The van der Waals surface area contributed by atoms with Crippen LogP contribution in [0.1, 0.15) is 6.92 Å². The maximum absolute atomic E-state index is 11.4. The molecule has 0 aliphatic heterocycles. The minimum Gasteiger partial charge on any atom is -0.324 e. The van der Waals surface area contributed by atoms with E-state index in [0.717, 1.165) is 0 Å². The Kier molecular flexibility index (Phi) is 4.17. The quantitative estimate of drug-likeness (QED) is 0.643. The van der Waals surface area contributed by atoms with E-state index in [1.807, 2.05) is 0 Å². The molecular formula is C9H10Cl2N2O. The number of alkyl halides is 1. The van der Waals surface area contributed by atoms with E-state index < -0.39 is 0 Å². The molecule has 0 bridgehead atoms. The molecule has 0 saturated heterocycles. The van der Waals surface area contributed by atoms with Gasteiger partial charge < -0.3 is 5.32 Å². The van der Waals surface area contributed by atoms with Crippen molar-refractivity contribution >= 4 is 34.8 Å². The average Bonchev–Trinajstić information content (AvgIpc) is 2.20. The zero-order chi connectivity index (χ0) is 10.6. The molecule has 5 heteroatoms. The van der Waals surface area contributed by atoms with E-state index in [9.17, 15) is 4.79 Å². The van der Waals surface area contributed by atoms with Crippen LogP contribution >= 0.6 is 23.2 Å². The number of aromatic nitrogens is 1. The first-order valence-corrected chi connectivity index (χ1v) is 5.03. The average molecular weight is 233 g/mol. The summed E-state index contributed by atoms with van der Waals surface area (Å²) in [5.74, 6) is -0.0381. The number of hydrogen-bond donors (Lipinski definition) is 1. The van der Waals surface area contributed by atoms with Gasteiger partial charge in [-0.3, -0.25) is 4.79 Å². The van der Waals surface area contributed by atoms with Gasteiger partial charge in [0.1, 0.15) is 5.15 Å².